The van der Waals surface area contributed by atoms with Gasteiger partial charge in [-0.15, -0.1) is 0 Å². The van der Waals surface area contributed by atoms with Crippen molar-refractivity contribution in [2.24, 2.45) is 4.99 Å². The van der Waals surface area contributed by atoms with E-state index >= 15 is 0 Å². The number of aliphatic imine (C=N–C) groups is 1. The van der Waals surface area contributed by atoms with Crippen LogP contribution in [0.4, 0.5) is 0 Å². The van der Waals surface area contributed by atoms with Crippen LogP contribution in [0.15, 0.2) is 41.4 Å². The fourth-order valence-corrected chi connectivity index (χ4v) is 2.88. The number of phenolic OH excluding ortho intramolecular Hbond substituents is 1. The van der Waals surface area contributed by atoms with Crippen molar-refractivity contribution in [3.05, 3.63) is 54.6 Å². The zero-order valence-electron chi connectivity index (χ0n) is 20.6. The van der Waals surface area contributed by atoms with Crippen LogP contribution in [0.3, 0.4) is 0 Å². The number of benzene rings is 2. The number of rotatable bonds is 8. The number of hydrogen-bond donors (Lipinski definition) is 1. The summed E-state index contributed by atoms with van der Waals surface area (Å²) in [4.78, 5) is 4.48. The summed E-state index contributed by atoms with van der Waals surface area (Å²) < 4.78 is 18.9. The first-order chi connectivity index (χ1) is 14.9. The van der Waals surface area contributed by atoms with Gasteiger partial charge >= 0.3 is 17.1 Å². The summed E-state index contributed by atoms with van der Waals surface area (Å²) in [6.07, 6.45) is 3.56. The fraction of sp³-hybridized carbons (Fsp3) is 0.423. The van der Waals surface area contributed by atoms with Gasteiger partial charge in [-0.3, -0.25) is 4.99 Å². The topological polar surface area (TPSA) is 63.3 Å². The molecule has 1 N–H and O–H groups in total. The Morgan fingerprint density at radius 2 is 1.48 bits per heavy atom. The molecule has 2 rings (SSSR count). The fourth-order valence-electron chi connectivity index (χ4n) is 2.88. The Morgan fingerprint density at radius 1 is 0.939 bits per heavy atom. The molecule has 0 bridgehead atoms. The van der Waals surface area contributed by atoms with E-state index in [2.05, 4.69) is 12.0 Å². The second-order valence-corrected chi connectivity index (χ2v) is 9.53. The number of phenols is 1. The summed E-state index contributed by atoms with van der Waals surface area (Å²) in [5, 5.41) is 10.3. The van der Waals surface area contributed by atoms with Crippen molar-refractivity contribution in [1.82, 2.24) is 0 Å². The van der Waals surface area contributed by atoms with Gasteiger partial charge in [-0.05, 0) is 72.4 Å². The Morgan fingerprint density at radius 3 is 2.00 bits per heavy atom. The second-order valence-electron chi connectivity index (χ2n) is 9.53. The van der Waals surface area contributed by atoms with Crippen LogP contribution in [0.1, 0.15) is 52.7 Å². The monoisotopic (exact) mass is 503 g/mol. The Balaban J connectivity index is 0.00000544. The molecule has 0 fully saturated rings. The normalized spacial score (nSPS) is 12.4. The SMILES string of the molecule is [CH2-][N+](=Cc1ccc(OC(C)(C)C)cc1O)CCN=Cc1ccc(OC(C)(C)C)cc1OC.[Cu+]. The summed E-state index contributed by atoms with van der Waals surface area (Å²) in [6, 6.07) is 11.0. The van der Waals surface area contributed by atoms with E-state index in [4.69, 9.17) is 14.2 Å². The molecule has 0 aliphatic heterocycles. The molecule has 0 saturated carbocycles. The quantitative estimate of drug-likeness (QED) is 0.236. The summed E-state index contributed by atoms with van der Waals surface area (Å²) >= 11 is 0. The van der Waals surface area contributed by atoms with Crippen molar-refractivity contribution < 1.29 is 41.0 Å². The summed E-state index contributed by atoms with van der Waals surface area (Å²) in [6.45, 7) is 13.0. The third kappa shape index (κ3) is 10.2. The van der Waals surface area contributed by atoms with E-state index in [1.165, 1.54) is 0 Å². The van der Waals surface area contributed by atoms with E-state index < -0.39 is 0 Å². The zero-order valence-corrected chi connectivity index (χ0v) is 21.5. The first-order valence-corrected chi connectivity index (χ1v) is 10.7. The van der Waals surface area contributed by atoms with Crippen molar-refractivity contribution in [3.63, 3.8) is 0 Å². The Hall–Kier alpha value is -2.63. The van der Waals surface area contributed by atoms with Gasteiger partial charge in [0.15, 0.2) is 0 Å². The second kappa shape index (κ2) is 12.0. The molecule has 0 aliphatic carbocycles. The van der Waals surface area contributed by atoms with Gasteiger partial charge in [0.25, 0.3) is 0 Å². The van der Waals surface area contributed by atoms with E-state index in [-0.39, 0.29) is 34.0 Å². The molecule has 184 valence electrons. The molecule has 0 unspecified atom stereocenters. The molecule has 6 nitrogen and oxygen atoms in total. The number of ether oxygens (including phenoxy) is 3. The predicted octanol–water partition coefficient (Wildman–Crippen LogP) is 5.09. The smallest absolute Gasteiger partial charge is 0.509 e. The average molecular weight is 504 g/mol. The average Bonchev–Trinajstić information content (AvgIpc) is 2.65. The van der Waals surface area contributed by atoms with Crippen LogP contribution in [0.5, 0.6) is 23.0 Å². The van der Waals surface area contributed by atoms with Gasteiger partial charge in [0.1, 0.15) is 40.7 Å². The zero-order chi connectivity index (χ0) is 23.9. The third-order valence-corrected chi connectivity index (χ3v) is 4.12. The summed E-state index contributed by atoms with van der Waals surface area (Å²) in [7, 11) is 5.63. The minimum atomic E-state index is -0.323. The number of hydrogen-bond acceptors (Lipinski definition) is 5. The van der Waals surface area contributed by atoms with Crippen LogP contribution in [-0.4, -0.2) is 53.5 Å². The van der Waals surface area contributed by atoms with E-state index in [1.54, 1.807) is 30.2 Å². The minimum absolute atomic E-state index is 0. The molecule has 0 spiro atoms. The number of nitrogens with zero attached hydrogens (tertiary/aromatic N) is 2. The van der Waals surface area contributed by atoms with Gasteiger partial charge in [-0.25, -0.2) is 0 Å². The van der Waals surface area contributed by atoms with E-state index in [0.29, 0.717) is 30.2 Å². The van der Waals surface area contributed by atoms with Gasteiger partial charge < -0.3 is 23.9 Å². The van der Waals surface area contributed by atoms with E-state index in [1.807, 2.05) is 71.9 Å². The van der Waals surface area contributed by atoms with Crippen LogP contribution >= 0.6 is 0 Å². The van der Waals surface area contributed by atoms with Gasteiger partial charge in [-0.1, -0.05) is 6.07 Å². The molecule has 0 amide bonds. The Bertz CT molecular complexity index is 973. The molecule has 2 aromatic rings. The third-order valence-electron chi connectivity index (χ3n) is 4.12. The van der Waals surface area contributed by atoms with Crippen LogP contribution in [-0.2, 0) is 17.1 Å². The summed E-state index contributed by atoms with van der Waals surface area (Å²) in [5.41, 5.74) is 0.946. The summed E-state index contributed by atoms with van der Waals surface area (Å²) in [5.74, 6) is 2.23. The maximum atomic E-state index is 10.3. The van der Waals surface area contributed by atoms with Gasteiger partial charge in [0.2, 0.25) is 0 Å². The van der Waals surface area contributed by atoms with Crippen molar-refractivity contribution in [1.29, 1.82) is 0 Å². The van der Waals surface area contributed by atoms with Crippen LogP contribution in [0.2, 0.25) is 0 Å². The molecular weight excluding hydrogens is 468 g/mol. The Kier molecular flexibility index (Phi) is 10.3. The maximum Gasteiger partial charge on any atom is 1.00 e. The predicted molar refractivity (Wildman–Crippen MR) is 130 cm³/mol. The Labute approximate surface area is 208 Å². The first-order valence-electron chi connectivity index (χ1n) is 10.7. The number of aromatic hydroxyl groups is 1. The number of methoxy groups -OCH3 is 1. The molecule has 0 saturated heterocycles. The molecule has 7 heteroatoms. The molecule has 0 heterocycles. The standard InChI is InChI=1S/C26H36N2O4.Cu/c1-25(2,3)31-21-12-10-20(23(29)15-21)18-28(7)14-13-27-17-19-9-11-22(16-24(19)30-8)32-26(4,5)6;/h9-12,15-18,29H,7,13-14H2,1-6,8H3;/q;+1. The molecule has 0 aromatic heterocycles. The minimum Gasteiger partial charge on any atom is -0.509 e. The van der Waals surface area contributed by atoms with Gasteiger partial charge in [0, 0.05) is 30.1 Å². The van der Waals surface area contributed by atoms with Crippen molar-refractivity contribution in [2.75, 3.05) is 20.2 Å². The molecule has 0 atom stereocenters. The largest absolute Gasteiger partial charge is 1.00 e. The van der Waals surface area contributed by atoms with Crippen molar-refractivity contribution in [3.8, 4) is 23.0 Å². The van der Waals surface area contributed by atoms with E-state index in [9.17, 15) is 5.11 Å². The molecule has 33 heavy (non-hydrogen) atoms. The van der Waals surface area contributed by atoms with Gasteiger partial charge in [0.05, 0.1) is 13.7 Å². The van der Waals surface area contributed by atoms with Crippen molar-refractivity contribution >= 4 is 12.4 Å². The maximum absolute atomic E-state index is 10.3. The van der Waals surface area contributed by atoms with Crippen LogP contribution in [0.25, 0.3) is 0 Å². The molecule has 0 aliphatic rings. The molecular formula is C26H36CuN2O4+. The van der Waals surface area contributed by atoms with Gasteiger partial charge in [-0.2, -0.15) is 0 Å². The van der Waals surface area contributed by atoms with Crippen LogP contribution < -0.4 is 14.2 Å². The molecule has 2 aromatic carbocycles. The van der Waals surface area contributed by atoms with E-state index in [0.717, 1.165) is 11.3 Å². The van der Waals surface area contributed by atoms with Crippen molar-refractivity contribution in [2.45, 2.75) is 52.7 Å². The van der Waals surface area contributed by atoms with Crippen LogP contribution in [0, 0.1) is 7.05 Å². The molecule has 0 radical (unpaired) electrons. The first kappa shape index (κ1) is 28.4.